The molecule has 0 radical (unpaired) electrons. The van der Waals surface area contributed by atoms with Crippen LogP contribution in [0.2, 0.25) is 0 Å². The molecule has 10 nitrogen and oxygen atoms in total. The predicted molar refractivity (Wildman–Crippen MR) is 122 cm³/mol. The van der Waals surface area contributed by atoms with Gasteiger partial charge in [0.25, 0.3) is 0 Å². The maximum absolute atomic E-state index is 11.9. The maximum Gasteiger partial charge on any atom is 0.229 e. The summed E-state index contributed by atoms with van der Waals surface area (Å²) < 4.78 is 24.3. The molecule has 1 aromatic carbocycles. The minimum absolute atomic E-state index is 0.0821. The number of carbonyl (C=O) groups excluding carboxylic acids is 1. The van der Waals surface area contributed by atoms with Gasteiger partial charge in [-0.1, -0.05) is 0 Å². The monoisotopic (exact) mass is 493 g/mol. The fourth-order valence-electron chi connectivity index (χ4n) is 5.94. The number of likely N-dealkylation sites (tertiary alicyclic amines) is 1. The SMILES string of the molecule is CC(=O)N1CC[C@H]2O[C@H]3c4ccc(O[C@@H]5O[C@@H](CO)[C@H](O)[C@@H](O)[C@H]5O)cc4OC(C)(C)[C@@H]3C[C@H]2C1. The van der Waals surface area contributed by atoms with Gasteiger partial charge in [0.1, 0.15) is 41.5 Å². The number of carbonyl (C=O) groups is 1. The van der Waals surface area contributed by atoms with Crippen molar-refractivity contribution in [3.05, 3.63) is 23.8 Å². The molecule has 0 unspecified atom stereocenters. The van der Waals surface area contributed by atoms with Crippen LogP contribution < -0.4 is 9.47 Å². The highest BCUT2D eigenvalue weighted by Crippen LogP contribution is 2.53. The van der Waals surface area contributed by atoms with Gasteiger partial charge >= 0.3 is 0 Å². The standard InChI is InChI=1S/C25H35NO9/c1-12(28)26-7-6-17-13(10-26)8-16-23(33-17)15-5-4-14(9-18(15)35-25(16,2)3)32-24-22(31)21(30)20(29)19(11-27)34-24/h4-5,9,13,16-17,19-24,27,29-31H,6-8,10-11H2,1-3H3/t13-,16+,17+,19-,20-,21+,22+,23-,24+/m0/s1. The van der Waals surface area contributed by atoms with Crippen molar-refractivity contribution in [2.24, 2.45) is 11.8 Å². The number of rotatable bonds is 3. The van der Waals surface area contributed by atoms with Crippen LogP contribution in [0.4, 0.5) is 0 Å². The van der Waals surface area contributed by atoms with Crippen molar-refractivity contribution in [3.63, 3.8) is 0 Å². The fraction of sp³-hybridized carbons (Fsp3) is 0.720. The summed E-state index contributed by atoms with van der Waals surface area (Å²) >= 11 is 0. The van der Waals surface area contributed by atoms with E-state index in [1.807, 2.05) is 24.8 Å². The van der Waals surface area contributed by atoms with Crippen molar-refractivity contribution >= 4 is 5.91 Å². The van der Waals surface area contributed by atoms with Crippen LogP contribution in [0.25, 0.3) is 0 Å². The number of aliphatic hydroxyl groups excluding tert-OH is 4. The first-order valence-electron chi connectivity index (χ1n) is 12.3. The Kier molecular flexibility index (Phi) is 6.48. The molecule has 0 bridgehead atoms. The minimum atomic E-state index is -1.52. The van der Waals surface area contributed by atoms with E-state index in [0.717, 1.165) is 18.4 Å². The first kappa shape index (κ1) is 24.7. The molecule has 194 valence electrons. The second-order valence-electron chi connectivity index (χ2n) is 10.7. The van der Waals surface area contributed by atoms with E-state index in [4.69, 9.17) is 18.9 Å². The Bertz CT molecular complexity index is 953. The third-order valence-electron chi connectivity index (χ3n) is 8.01. The van der Waals surface area contributed by atoms with E-state index >= 15 is 0 Å². The van der Waals surface area contributed by atoms with Crippen molar-refractivity contribution in [2.75, 3.05) is 19.7 Å². The average Bonchev–Trinajstić information content (AvgIpc) is 2.82. The van der Waals surface area contributed by atoms with Gasteiger partial charge in [-0.15, -0.1) is 0 Å². The Hall–Kier alpha value is -1.95. The van der Waals surface area contributed by atoms with E-state index in [9.17, 15) is 25.2 Å². The molecule has 0 aromatic heterocycles. The van der Waals surface area contributed by atoms with Gasteiger partial charge in [0.05, 0.1) is 18.8 Å². The number of ether oxygens (including phenoxy) is 4. The summed E-state index contributed by atoms with van der Waals surface area (Å²) in [6.45, 7) is 6.56. The summed E-state index contributed by atoms with van der Waals surface area (Å²) in [5, 5.41) is 39.7. The molecular formula is C25H35NO9. The molecule has 4 aliphatic heterocycles. The topological polar surface area (TPSA) is 138 Å². The summed E-state index contributed by atoms with van der Waals surface area (Å²) in [4.78, 5) is 13.8. The summed E-state index contributed by atoms with van der Waals surface area (Å²) in [5.74, 6) is 1.44. The molecule has 0 spiro atoms. The lowest BCUT2D eigenvalue weighted by Crippen LogP contribution is -2.60. The normalized spacial score (nSPS) is 40.1. The van der Waals surface area contributed by atoms with E-state index in [-0.39, 0.29) is 30.0 Å². The summed E-state index contributed by atoms with van der Waals surface area (Å²) in [6.07, 6.45) is -5.15. The molecule has 4 aliphatic rings. The molecule has 4 heterocycles. The average molecular weight is 494 g/mol. The van der Waals surface area contributed by atoms with Gasteiger partial charge in [-0.2, -0.15) is 0 Å². The first-order valence-corrected chi connectivity index (χ1v) is 12.3. The molecular weight excluding hydrogens is 458 g/mol. The number of hydrogen-bond acceptors (Lipinski definition) is 9. The van der Waals surface area contributed by atoms with Crippen LogP contribution in [0.5, 0.6) is 11.5 Å². The quantitative estimate of drug-likeness (QED) is 0.470. The third-order valence-corrected chi connectivity index (χ3v) is 8.01. The lowest BCUT2D eigenvalue weighted by atomic mass is 9.70. The van der Waals surface area contributed by atoms with Crippen LogP contribution in [-0.2, 0) is 14.3 Å². The highest BCUT2D eigenvalue weighted by Gasteiger charge is 2.52. The summed E-state index contributed by atoms with van der Waals surface area (Å²) in [6, 6.07) is 5.32. The van der Waals surface area contributed by atoms with Crippen molar-refractivity contribution < 1.29 is 44.2 Å². The Morgan fingerprint density at radius 2 is 1.94 bits per heavy atom. The number of hydrogen-bond donors (Lipinski definition) is 4. The third kappa shape index (κ3) is 4.41. The van der Waals surface area contributed by atoms with Crippen molar-refractivity contribution in [1.29, 1.82) is 0 Å². The highest BCUT2D eigenvalue weighted by atomic mass is 16.7. The Morgan fingerprint density at radius 1 is 1.17 bits per heavy atom. The predicted octanol–water partition coefficient (Wildman–Crippen LogP) is 0.351. The first-order chi connectivity index (χ1) is 16.6. The van der Waals surface area contributed by atoms with E-state index in [0.29, 0.717) is 24.6 Å². The number of piperidine rings is 1. The zero-order chi connectivity index (χ0) is 25.1. The molecule has 35 heavy (non-hydrogen) atoms. The maximum atomic E-state index is 11.9. The highest BCUT2D eigenvalue weighted by molar-refractivity contribution is 5.73. The number of amides is 1. The molecule has 10 heteroatoms. The van der Waals surface area contributed by atoms with Gasteiger partial charge in [-0.3, -0.25) is 4.79 Å². The molecule has 3 fully saturated rings. The van der Waals surface area contributed by atoms with Crippen LogP contribution in [0.15, 0.2) is 18.2 Å². The zero-order valence-corrected chi connectivity index (χ0v) is 20.2. The molecule has 1 amide bonds. The number of fused-ring (bicyclic) bond motifs is 4. The second kappa shape index (κ2) is 9.17. The van der Waals surface area contributed by atoms with Crippen LogP contribution in [0.3, 0.4) is 0 Å². The minimum Gasteiger partial charge on any atom is -0.487 e. The van der Waals surface area contributed by atoms with Crippen LogP contribution in [0.1, 0.15) is 45.3 Å². The lowest BCUT2D eigenvalue weighted by Gasteiger charge is -2.53. The molecule has 0 saturated carbocycles. The van der Waals surface area contributed by atoms with Gasteiger partial charge in [0.15, 0.2) is 0 Å². The van der Waals surface area contributed by atoms with Gasteiger partial charge in [-0.05, 0) is 38.8 Å². The number of aliphatic hydroxyl groups is 4. The van der Waals surface area contributed by atoms with Crippen molar-refractivity contribution in [2.45, 2.75) is 82.1 Å². The van der Waals surface area contributed by atoms with Gasteiger partial charge in [0, 0.05) is 43.5 Å². The van der Waals surface area contributed by atoms with Gasteiger partial charge in [0.2, 0.25) is 12.2 Å². The van der Waals surface area contributed by atoms with E-state index in [2.05, 4.69) is 0 Å². The molecule has 4 N–H and O–H groups in total. The van der Waals surface area contributed by atoms with E-state index in [1.165, 1.54) is 0 Å². The molecule has 5 rings (SSSR count). The summed E-state index contributed by atoms with van der Waals surface area (Å²) in [7, 11) is 0. The van der Waals surface area contributed by atoms with E-state index in [1.54, 1.807) is 19.1 Å². The molecule has 3 saturated heterocycles. The fourth-order valence-corrected chi connectivity index (χ4v) is 5.94. The Labute approximate surface area is 204 Å². The van der Waals surface area contributed by atoms with Crippen LogP contribution in [-0.4, -0.2) is 93.3 Å². The number of benzene rings is 1. The van der Waals surface area contributed by atoms with Crippen molar-refractivity contribution in [1.82, 2.24) is 4.90 Å². The molecule has 9 atom stereocenters. The van der Waals surface area contributed by atoms with Crippen LogP contribution >= 0.6 is 0 Å². The molecule has 0 aliphatic carbocycles. The second-order valence-corrected chi connectivity index (χ2v) is 10.7. The van der Waals surface area contributed by atoms with Crippen molar-refractivity contribution in [3.8, 4) is 11.5 Å². The summed E-state index contributed by atoms with van der Waals surface area (Å²) in [5.41, 5.74) is 0.394. The Morgan fingerprint density at radius 3 is 2.66 bits per heavy atom. The Balaban J connectivity index is 1.36. The molecule has 1 aromatic rings. The number of nitrogens with zero attached hydrogens (tertiary/aromatic N) is 1. The van der Waals surface area contributed by atoms with Crippen LogP contribution in [0, 0.1) is 11.8 Å². The van der Waals surface area contributed by atoms with Gasteiger partial charge in [-0.25, -0.2) is 0 Å². The lowest BCUT2D eigenvalue weighted by molar-refractivity contribution is -0.277. The van der Waals surface area contributed by atoms with E-state index < -0.39 is 42.9 Å². The smallest absolute Gasteiger partial charge is 0.229 e. The zero-order valence-electron chi connectivity index (χ0n) is 20.2. The van der Waals surface area contributed by atoms with Gasteiger partial charge < -0.3 is 44.3 Å². The largest absolute Gasteiger partial charge is 0.487 e.